The van der Waals surface area contributed by atoms with Crippen LogP contribution in [0.3, 0.4) is 0 Å². The number of hydrogen-bond acceptors (Lipinski definition) is 2. The molecule has 6 rings (SSSR count). The fourth-order valence-corrected chi connectivity index (χ4v) is 5.65. The predicted molar refractivity (Wildman–Crippen MR) is 84.6 cm³/mol. The number of benzene rings is 1. The van der Waals surface area contributed by atoms with Gasteiger partial charge in [0.2, 0.25) is 0 Å². The number of hydrogen-bond donors (Lipinski definition) is 1. The van der Waals surface area contributed by atoms with E-state index in [9.17, 15) is 4.79 Å². The largest absolute Gasteiger partial charge is 0.455 e. The molecule has 4 saturated carbocycles. The average molecular weight is 295 g/mol. The second-order valence-electron chi connectivity index (χ2n) is 7.74. The van der Waals surface area contributed by atoms with Crippen molar-refractivity contribution in [3.05, 3.63) is 36.0 Å². The van der Waals surface area contributed by atoms with Crippen LogP contribution in [-0.2, 0) is 4.74 Å². The fraction of sp³-hybridized carbons (Fsp3) is 0.526. The van der Waals surface area contributed by atoms with Gasteiger partial charge < -0.3 is 9.72 Å². The van der Waals surface area contributed by atoms with E-state index in [2.05, 4.69) is 4.98 Å². The molecule has 0 saturated heterocycles. The van der Waals surface area contributed by atoms with Crippen molar-refractivity contribution in [1.29, 1.82) is 0 Å². The fourth-order valence-electron chi connectivity index (χ4n) is 5.65. The highest BCUT2D eigenvalue weighted by Gasteiger charge is 2.53. The van der Waals surface area contributed by atoms with Crippen LogP contribution in [0.15, 0.2) is 30.5 Å². The first-order chi connectivity index (χ1) is 10.7. The third kappa shape index (κ3) is 1.84. The highest BCUT2D eigenvalue weighted by atomic mass is 16.6. The molecule has 1 N–H and O–H groups in total. The topological polar surface area (TPSA) is 42.1 Å². The number of ether oxygens (including phenoxy) is 1. The molecule has 0 atom stereocenters. The molecule has 4 aliphatic rings. The lowest BCUT2D eigenvalue weighted by Gasteiger charge is -2.55. The van der Waals surface area contributed by atoms with Gasteiger partial charge >= 0.3 is 5.97 Å². The van der Waals surface area contributed by atoms with Gasteiger partial charge in [0.1, 0.15) is 5.60 Å². The summed E-state index contributed by atoms with van der Waals surface area (Å²) in [6.45, 7) is 0. The molecule has 22 heavy (non-hydrogen) atoms. The van der Waals surface area contributed by atoms with Crippen molar-refractivity contribution < 1.29 is 9.53 Å². The minimum absolute atomic E-state index is 0.139. The quantitative estimate of drug-likeness (QED) is 0.840. The van der Waals surface area contributed by atoms with Crippen molar-refractivity contribution in [3.63, 3.8) is 0 Å². The van der Waals surface area contributed by atoms with Crippen molar-refractivity contribution >= 4 is 16.9 Å². The molecule has 3 nitrogen and oxygen atoms in total. The van der Waals surface area contributed by atoms with Crippen molar-refractivity contribution in [2.45, 2.75) is 44.1 Å². The van der Waals surface area contributed by atoms with E-state index in [-0.39, 0.29) is 11.6 Å². The monoisotopic (exact) mass is 295 g/mol. The van der Waals surface area contributed by atoms with Crippen LogP contribution in [0, 0.1) is 17.8 Å². The maximum atomic E-state index is 12.8. The number of nitrogens with one attached hydrogen (secondary N) is 1. The number of rotatable bonds is 2. The molecule has 4 fully saturated rings. The number of para-hydroxylation sites is 1. The first-order valence-electron chi connectivity index (χ1n) is 8.50. The van der Waals surface area contributed by atoms with Gasteiger partial charge in [-0.1, -0.05) is 18.2 Å². The number of esters is 1. The molecule has 0 radical (unpaired) electrons. The Kier molecular flexibility index (Phi) is 2.53. The van der Waals surface area contributed by atoms with Gasteiger partial charge in [0.25, 0.3) is 0 Å². The Balaban J connectivity index is 1.45. The molecule has 114 valence electrons. The zero-order valence-corrected chi connectivity index (χ0v) is 12.7. The van der Waals surface area contributed by atoms with Gasteiger partial charge in [0.15, 0.2) is 0 Å². The molecule has 0 unspecified atom stereocenters. The normalized spacial score (nSPS) is 35.9. The average Bonchev–Trinajstić information content (AvgIpc) is 2.89. The number of fused-ring (bicyclic) bond motifs is 1. The van der Waals surface area contributed by atoms with Crippen LogP contribution < -0.4 is 0 Å². The summed E-state index contributed by atoms with van der Waals surface area (Å²) in [6.07, 6.45) is 9.17. The summed E-state index contributed by atoms with van der Waals surface area (Å²) >= 11 is 0. The van der Waals surface area contributed by atoms with E-state index >= 15 is 0 Å². The number of carbonyl (C=O) groups is 1. The molecule has 0 aliphatic heterocycles. The smallest absolute Gasteiger partial charge is 0.340 e. The van der Waals surface area contributed by atoms with Gasteiger partial charge in [0, 0.05) is 17.1 Å². The minimum Gasteiger partial charge on any atom is -0.455 e. The SMILES string of the molecule is O=C(OC12CC3CC(CC(C3)C1)C2)c1c[nH]c2ccccc12. The van der Waals surface area contributed by atoms with E-state index in [1.807, 2.05) is 24.3 Å². The Morgan fingerprint density at radius 1 is 1.05 bits per heavy atom. The Labute approximate surface area is 130 Å². The number of H-pyrrole nitrogens is 1. The molecule has 4 aliphatic carbocycles. The first kappa shape index (κ1) is 12.7. The Hall–Kier alpha value is -1.77. The van der Waals surface area contributed by atoms with Crippen LogP contribution >= 0.6 is 0 Å². The van der Waals surface area contributed by atoms with Crippen LogP contribution in [0.2, 0.25) is 0 Å². The molecule has 4 bridgehead atoms. The Bertz CT molecular complexity index is 709. The molecular formula is C19H21NO2. The Morgan fingerprint density at radius 2 is 1.68 bits per heavy atom. The van der Waals surface area contributed by atoms with E-state index in [0.29, 0.717) is 5.56 Å². The Morgan fingerprint density at radius 3 is 2.36 bits per heavy atom. The molecule has 0 amide bonds. The second kappa shape index (κ2) is 4.37. The maximum Gasteiger partial charge on any atom is 0.340 e. The van der Waals surface area contributed by atoms with E-state index in [1.165, 1.54) is 19.3 Å². The van der Waals surface area contributed by atoms with Gasteiger partial charge in [-0.3, -0.25) is 0 Å². The number of aromatic nitrogens is 1. The summed E-state index contributed by atoms with van der Waals surface area (Å²) in [5.41, 5.74) is 1.52. The maximum absolute atomic E-state index is 12.8. The molecule has 2 aromatic rings. The molecule has 1 aromatic heterocycles. The summed E-state index contributed by atoms with van der Waals surface area (Å²) in [5, 5.41) is 0.970. The van der Waals surface area contributed by atoms with E-state index in [1.54, 1.807) is 6.20 Å². The summed E-state index contributed by atoms with van der Waals surface area (Å²) in [7, 11) is 0. The van der Waals surface area contributed by atoms with Crippen molar-refractivity contribution in [2.24, 2.45) is 17.8 Å². The summed E-state index contributed by atoms with van der Waals surface area (Å²) in [4.78, 5) is 15.9. The van der Waals surface area contributed by atoms with E-state index < -0.39 is 0 Å². The second-order valence-corrected chi connectivity index (χ2v) is 7.74. The van der Waals surface area contributed by atoms with Crippen LogP contribution in [0.4, 0.5) is 0 Å². The van der Waals surface area contributed by atoms with Crippen LogP contribution in [-0.4, -0.2) is 16.6 Å². The zero-order chi connectivity index (χ0) is 14.7. The third-order valence-corrected chi connectivity index (χ3v) is 6.10. The van der Waals surface area contributed by atoms with Gasteiger partial charge in [-0.25, -0.2) is 4.79 Å². The summed E-state index contributed by atoms with van der Waals surface area (Å²) in [6, 6.07) is 7.93. The standard InChI is InChI=1S/C19H21NO2/c21-18(16-11-20-17-4-2-1-3-15(16)17)22-19-8-12-5-13(9-19)7-14(6-12)10-19/h1-4,11-14,20H,5-10H2. The number of carbonyl (C=O) groups excluding carboxylic acids is 1. The van der Waals surface area contributed by atoms with E-state index in [0.717, 1.165) is 47.9 Å². The van der Waals surface area contributed by atoms with Crippen LogP contribution in [0.1, 0.15) is 48.9 Å². The lowest BCUT2D eigenvalue weighted by molar-refractivity contribution is -0.131. The summed E-state index contributed by atoms with van der Waals surface area (Å²) in [5.74, 6) is 2.24. The zero-order valence-electron chi connectivity index (χ0n) is 12.7. The lowest BCUT2D eigenvalue weighted by atomic mass is 9.54. The van der Waals surface area contributed by atoms with Gasteiger partial charge in [-0.05, 0) is 62.3 Å². The first-order valence-corrected chi connectivity index (χ1v) is 8.50. The summed E-state index contributed by atoms with van der Waals surface area (Å²) < 4.78 is 6.14. The highest BCUT2D eigenvalue weighted by molar-refractivity contribution is 6.04. The molecule has 1 heterocycles. The minimum atomic E-state index is -0.162. The highest BCUT2D eigenvalue weighted by Crippen LogP contribution is 2.57. The van der Waals surface area contributed by atoms with Crippen LogP contribution in [0.5, 0.6) is 0 Å². The van der Waals surface area contributed by atoms with E-state index in [4.69, 9.17) is 4.74 Å². The van der Waals surface area contributed by atoms with Crippen molar-refractivity contribution in [2.75, 3.05) is 0 Å². The van der Waals surface area contributed by atoms with Gasteiger partial charge in [-0.2, -0.15) is 0 Å². The van der Waals surface area contributed by atoms with Crippen molar-refractivity contribution in [1.82, 2.24) is 4.98 Å². The van der Waals surface area contributed by atoms with Gasteiger partial charge in [0.05, 0.1) is 5.56 Å². The molecule has 3 heteroatoms. The van der Waals surface area contributed by atoms with Crippen LogP contribution in [0.25, 0.3) is 10.9 Å². The number of aromatic amines is 1. The predicted octanol–water partition coefficient (Wildman–Crippen LogP) is 4.29. The molecule has 1 aromatic carbocycles. The molecule has 0 spiro atoms. The molecular weight excluding hydrogens is 274 g/mol. The van der Waals surface area contributed by atoms with Crippen molar-refractivity contribution in [3.8, 4) is 0 Å². The van der Waals surface area contributed by atoms with Gasteiger partial charge in [-0.15, -0.1) is 0 Å². The lowest BCUT2D eigenvalue weighted by Crippen LogP contribution is -2.52. The third-order valence-electron chi connectivity index (χ3n) is 6.10.